The first-order valence-corrected chi connectivity index (χ1v) is 7.78. The SMILES string of the molecule is COc1c(C)cc(Br)c(C)c1C(=O)c1ccc(F)cc1Br. The molecule has 2 aromatic rings. The Hall–Kier alpha value is -1.20. The normalized spacial score (nSPS) is 10.6. The van der Waals surface area contributed by atoms with E-state index in [9.17, 15) is 9.18 Å². The molecule has 0 bridgehead atoms. The van der Waals surface area contributed by atoms with Crippen LogP contribution >= 0.6 is 31.9 Å². The minimum atomic E-state index is -0.396. The molecule has 0 fully saturated rings. The van der Waals surface area contributed by atoms with Gasteiger partial charge in [-0.15, -0.1) is 0 Å². The molecular weight excluding hydrogens is 403 g/mol. The summed E-state index contributed by atoms with van der Waals surface area (Å²) in [5.41, 5.74) is 2.53. The van der Waals surface area contributed by atoms with E-state index >= 15 is 0 Å². The summed E-state index contributed by atoms with van der Waals surface area (Å²) in [6.07, 6.45) is 0. The molecule has 0 aromatic heterocycles. The van der Waals surface area contributed by atoms with Gasteiger partial charge in [0.25, 0.3) is 0 Å². The van der Waals surface area contributed by atoms with Crippen LogP contribution in [0.5, 0.6) is 5.75 Å². The second-order valence-electron chi connectivity index (χ2n) is 4.66. The number of ketones is 1. The monoisotopic (exact) mass is 414 g/mol. The first-order valence-electron chi connectivity index (χ1n) is 6.20. The van der Waals surface area contributed by atoms with Gasteiger partial charge in [0.15, 0.2) is 5.78 Å². The Labute approximate surface area is 139 Å². The van der Waals surface area contributed by atoms with E-state index in [4.69, 9.17) is 4.74 Å². The third kappa shape index (κ3) is 3.04. The number of carbonyl (C=O) groups is 1. The van der Waals surface area contributed by atoms with Crippen molar-refractivity contribution < 1.29 is 13.9 Å². The first kappa shape index (κ1) is 16.2. The minimum absolute atomic E-state index is 0.208. The molecule has 2 nitrogen and oxygen atoms in total. The van der Waals surface area contributed by atoms with Gasteiger partial charge >= 0.3 is 0 Å². The summed E-state index contributed by atoms with van der Waals surface area (Å²) in [7, 11) is 1.53. The fraction of sp³-hybridized carbons (Fsp3) is 0.188. The molecule has 0 aliphatic rings. The molecule has 2 aromatic carbocycles. The maximum atomic E-state index is 13.2. The number of halogens is 3. The number of hydrogen-bond donors (Lipinski definition) is 0. The largest absolute Gasteiger partial charge is 0.496 e. The molecular formula is C16H13Br2FO2. The lowest BCUT2D eigenvalue weighted by molar-refractivity contribution is 0.103. The highest BCUT2D eigenvalue weighted by Gasteiger charge is 2.22. The average molecular weight is 416 g/mol. The number of methoxy groups -OCH3 is 1. The van der Waals surface area contributed by atoms with E-state index in [-0.39, 0.29) is 5.78 Å². The predicted octanol–water partition coefficient (Wildman–Crippen LogP) is 5.21. The molecule has 0 amide bonds. The van der Waals surface area contributed by atoms with E-state index in [2.05, 4.69) is 31.9 Å². The molecule has 0 saturated carbocycles. The van der Waals surface area contributed by atoms with Crippen LogP contribution in [0.1, 0.15) is 27.0 Å². The number of ether oxygens (including phenoxy) is 1. The Morgan fingerprint density at radius 2 is 1.81 bits per heavy atom. The van der Waals surface area contributed by atoms with Gasteiger partial charge < -0.3 is 4.74 Å². The lowest BCUT2D eigenvalue weighted by atomic mass is 9.96. The standard InChI is InChI=1S/C16H13Br2FO2/c1-8-6-12(17)9(2)14(16(8)21-3)15(20)11-5-4-10(19)7-13(11)18/h4-7H,1-3H3. The van der Waals surface area contributed by atoms with Crippen molar-refractivity contribution in [2.24, 2.45) is 0 Å². The van der Waals surface area contributed by atoms with Gasteiger partial charge in [-0.3, -0.25) is 4.79 Å². The molecule has 110 valence electrons. The van der Waals surface area contributed by atoms with E-state index in [1.165, 1.54) is 25.3 Å². The Kier molecular flexibility index (Phi) is 4.84. The molecule has 0 heterocycles. The van der Waals surface area contributed by atoms with Crippen molar-refractivity contribution in [1.29, 1.82) is 0 Å². The van der Waals surface area contributed by atoms with Crippen LogP contribution < -0.4 is 4.74 Å². The van der Waals surface area contributed by atoms with Gasteiger partial charge in [0, 0.05) is 14.5 Å². The quantitative estimate of drug-likeness (QED) is 0.643. The van der Waals surface area contributed by atoms with Crippen molar-refractivity contribution in [3.8, 4) is 5.75 Å². The zero-order valence-electron chi connectivity index (χ0n) is 11.8. The highest BCUT2D eigenvalue weighted by molar-refractivity contribution is 9.10. The third-order valence-electron chi connectivity index (χ3n) is 3.27. The highest BCUT2D eigenvalue weighted by atomic mass is 79.9. The molecule has 0 atom stereocenters. The minimum Gasteiger partial charge on any atom is -0.496 e. The van der Waals surface area contributed by atoms with Crippen LogP contribution in [0, 0.1) is 19.7 Å². The summed E-state index contributed by atoms with van der Waals surface area (Å²) in [5.74, 6) is -0.0647. The molecule has 0 aliphatic carbocycles. The van der Waals surface area contributed by atoms with Crippen molar-refractivity contribution in [1.82, 2.24) is 0 Å². The van der Waals surface area contributed by atoms with Crippen LogP contribution in [0.3, 0.4) is 0 Å². The van der Waals surface area contributed by atoms with E-state index in [1.807, 2.05) is 19.9 Å². The lowest BCUT2D eigenvalue weighted by Gasteiger charge is -2.15. The highest BCUT2D eigenvalue weighted by Crippen LogP contribution is 2.35. The predicted molar refractivity (Wildman–Crippen MR) is 87.7 cm³/mol. The van der Waals surface area contributed by atoms with Gasteiger partial charge in [-0.05, 0) is 65.2 Å². The number of aryl methyl sites for hydroxylation is 1. The molecule has 0 N–H and O–H groups in total. The fourth-order valence-electron chi connectivity index (χ4n) is 2.20. The zero-order chi connectivity index (χ0) is 15.7. The van der Waals surface area contributed by atoms with Crippen LogP contribution in [0.4, 0.5) is 4.39 Å². The smallest absolute Gasteiger partial charge is 0.198 e. The number of rotatable bonds is 3. The molecule has 2 rings (SSSR count). The van der Waals surface area contributed by atoms with Gasteiger partial charge in [0.05, 0.1) is 12.7 Å². The number of carbonyl (C=O) groups excluding carboxylic acids is 1. The molecule has 0 aliphatic heterocycles. The first-order chi connectivity index (χ1) is 9.86. The summed E-state index contributed by atoms with van der Waals surface area (Å²) < 4.78 is 19.8. The van der Waals surface area contributed by atoms with E-state index in [0.717, 1.165) is 15.6 Å². The number of benzene rings is 2. The Morgan fingerprint density at radius 1 is 1.14 bits per heavy atom. The van der Waals surface area contributed by atoms with Crippen molar-refractivity contribution in [3.63, 3.8) is 0 Å². The van der Waals surface area contributed by atoms with E-state index < -0.39 is 5.82 Å². The Bertz CT molecular complexity index is 727. The van der Waals surface area contributed by atoms with Crippen LogP contribution in [0.15, 0.2) is 33.2 Å². The third-order valence-corrected chi connectivity index (χ3v) is 4.75. The van der Waals surface area contributed by atoms with Crippen LogP contribution in [0.25, 0.3) is 0 Å². The van der Waals surface area contributed by atoms with Gasteiger partial charge in [-0.1, -0.05) is 15.9 Å². The summed E-state index contributed by atoms with van der Waals surface area (Å²) in [6, 6.07) is 5.92. The summed E-state index contributed by atoms with van der Waals surface area (Å²) in [4.78, 5) is 12.8. The Morgan fingerprint density at radius 3 is 2.38 bits per heavy atom. The zero-order valence-corrected chi connectivity index (χ0v) is 14.9. The van der Waals surface area contributed by atoms with E-state index in [1.54, 1.807) is 0 Å². The average Bonchev–Trinajstić information content (AvgIpc) is 2.41. The van der Waals surface area contributed by atoms with Gasteiger partial charge in [-0.25, -0.2) is 4.39 Å². The van der Waals surface area contributed by atoms with Gasteiger partial charge in [0.2, 0.25) is 0 Å². The topological polar surface area (TPSA) is 26.3 Å². The van der Waals surface area contributed by atoms with Gasteiger partial charge in [0.1, 0.15) is 11.6 Å². The molecule has 5 heteroatoms. The van der Waals surface area contributed by atoms with Gasteiger partial charge in [-0.2, -0.15) is 0 Å². The second-order valence-corrected chi connectivity index (χ2v) is 6.37. The van der Waals surface area contributed by atoms with E-state index in [0.29, 0.717) is 21.3 Å². The molecule has 0 spiro atoms. The Balaban J connectivity index is 2.68. The van der Waals surface area contributed by atoms with Crippen molar-refractivity contribution in [3.05, 3.63) is 61.3 Å². The lowest BCUT2D eigenvalue weighted by Crippen LogP contribution is -2.09. The van der Waals surface area contributed by atoms with Crippen LogP contribution in [-0.2, 0) is 0 Å². The summed E-state index contributed by atoms with van der Waals surface area (Å²) >= 11 is 6.69. The molecule has 0 saturated heterocycles. The number of hydrogen-bond acceptors (Lipinski definition) is 2. The maximum Gasteiger partial charge on any atom is 0.198 e. The fourth-order valence-corrected chi connectivity index (χ4v) is 3.27. The summed E-state index contributed by atoms with van der Waals surface area (Å²) in [5, 5.41) is 0. The molecule has 0 radical (unpaired) electrons. The molecule has 0 unspecified atom stereocenters. The van der Waals surface area contributed by atoms with Crippen molar-refractivity contribution in [2.75, 3.05) is 7.11 Å². The molecule has 21 heavy (non-hydrogen) atoms. The summed E-state index contributed by atoms with van der Waals surface area (Å²) in [6.45, 7) is 3.72. The van der Waals surface area contributed by atoms with Crippen LogP contribution in [-0.4, -0.2) is 12.9 Å². The maximum absolute atomic E-state index is 13.2. The van der Waals surface area contributed by atoms with Crippen LogP contribution in [0.2, 0.25) is 0 Å². The second kappa shape index (κ2) is 6.28. The van der Waals surface area contributed by atoms with Crippen molar-refractivity contribution in [2.45, 2.75) is 13.8 Å². The van der Waals surface area contributed by atoms with Crippen molar-refractivity contribution >= 4 is 37.6 Å².